The molecule has 1 amide bonds. The normalized spacial score (nSPS) is 10.7. The molecule has 0 spiro atoms. The van der Waals surface area contributed by atoms with Crippen molar-refractivity contribution in [2.24, 2.45) is 0 Å². The largest absolute Gasteiger partial charge is 0.449 e. The fourth-order valence-corrected chi connectivity index (χ4v) is 2.72. The summed E-state index contributed by atoms with van der Waals surface area (Å²) in [5.74, 6) is -0.347. The molecule has 0 saturated heterocycles. The van der Waals surface area contributed by atoms with E-state index in [0.29, 0.717) is 27.4 Å². The molecular formula is C18H14ClNO3. The van der Waals surface area contributed by atoms with Gasteiger partial charge in [0.1, 0.15) is 0 Å². The van der Waals surface area contributed by atoms with E-state index in [1.807, 2.05) is 6.07 Å². The number of ketones is 1. The van der Waals surface area contributed by atoms with Crippen LogP contribution >= 0.6 is 11.6 Å². The van der Waals surface area contributed by atoms with Crippen molar-refractivity contribution in [2.45, 2.75) is 13.8 Å². The van der Waals surface area contributed by atoms with Crippen LogP contribution in [0.5, 0.6) is 0 Å². The summed E-state index contributed by atoms with van der Waals surface area (Å²) >= 11 is 6.10. The Balaban J connectivity index is 2.01. The third-order valence-corrected chi connectivity index (χ3v) is 3.97. The number of furan rings is 1. The molecule has 1 N–H and O–H groups in total. The first-order valence-corrected chi connectivity index (χ1v) is 7.45. The number of hydrogen-bond acceptors (Lipinski definition) is 3. The number of nitrogens with one attached hydrogen (secondary N) is 1. The van der Waals surface area contributed by atoms with Crippen LogP contribution in [0.1, 0.15) is 33.4 Å². The first kappa shape index (κ1) is 15.3. The number of Topliss-reactive ketones (excluding diaryl/α,β-unsaturated/α-hetero) is 1. The highest BCUT2D eigenvalue weighted by Gasteiger charge is 2.20. The quantitative estimate of drug-likeness (QED) is 0.699. The SMILES string of the molecule is CC(=O)c1ccccc1NC(=O)c1oc2c(Cl)cccc2c1C. The van der Waals surface area contributed by atoms with Gasteiger partial charge < -0.3 is 9.73 Å². The number of benzene rings is 2. The number of carbonyl (C=O) groups is 2. The molecule has 1 heterocycles. The van der Waals surface area contributed by atoms with Crippen LogP contribution in [0.3, 0.4) is 0 Å². The van der Waals surface area contributed by atoms with Crippen molar-refractivity contribution < 1.29 is 14.0 Å². The van der Waals surface area contributed by atoms with Gasteiger partial charge in [-0.15, -0.1) is 0 Å². The van der Waals surface area contributed by atoms with Gasteiger partial charge in [0.25, 0.3) is 5.91 Å². The van der Waals surface area contributed by atoms with Gasteiger partial charge in [0.05, 0.1) is 10.7 Å². The van der Waals surface area contributed by atoms with E-state index in [1.54, 1.807) is 43.3 Å². The summed E-state index contributed by atoms with van der Waals surface area (Å²) in [7, 11) is 0. The molecular weight excluding hydrogens is 314 g/mol. The Labute approximate surface area is 138 Å². The average molecular weight is 328 g/mol. The van der Waals surface area contributed by atoms with Crippen molar-refractivity contribution in [1.82, 2.24) is 0 Å². The predicted octanol–water partition coefficient (Wildman–Crippen LogP) is 4.85. The number of amides is 1. The summed E-state index contributed by atoms with van der Waals surface area (Å²) in [5.41, 5.74) is 2.10. The van der Waals surface area contributed by atoms with E-state index in [0.717, 1.165) is 5.39 Å². The zero-order valence-electron chi connectivity index (χ0n) is 12.6. The van der Waals surface area contributed by atoms with E-state index >= 15 is 0 Å². The molecule has 0 unspecified atom stereocenters. The predicted molar refractivity (Wildman–Crippen MR) is 90.4 cm³/mol. The molecule has 0 aliphatic carbocycles. The fourth-order valence-electron chi connectivity index (χ4n) is 2.50. The van der Waals surface area contributed by atoms with Crippen molar-refractivity contribution in [1.29, 1.82) is 0 Å². The number of halogens is 1. The van der Waals surface area contributed by atoms with E-state index in [-0.39, 0.29) is 11.5 Å². The zero-order valence-corrected chi connectivity index (χ0v) is 13.4. The first-order chi connectivity index (χ1) is 11.0. The highest BCUT2D eigenvalue weighted by atomic mass is 35.5. The second-order valence-corrected chi connectivity index (χ2v) is 5.64. The molecule has 23 heavy (non-hydrogen) atoms. The molecule has 116 valence electrons. The lowest BCUT2D eigenvalue weighted by molar-refractivity contribution is 0.0998. The van der Waals surface area contributed by atoms with Crippen LogP contribution in [-0.4, -0.2) is 11.7 Å². The zero-order chi connectivity index (χ0) is 16.6. The Morgan fingerprint density at radius 2 is 1.83 bits per heavy atom. The van der Waals surface area contributed by atoms with Crippen LogP contribution in [0.2, 0.25) is 5.02 Å². The maximum absolute atomic E-state index is 12.5. The van der Waals surface area contributed by atoms with Gasteiger partial charge >= 0.3 is 0 Å². The Bertz CT molecular complexity index is 927. The molecule has 0 radical (unpaired) electrons. The Morgan fingerprint density at radius 3 is 2.52 bits per heavy atom. The van der Waals surface area contributed by atoms with Crippen LogP contribution in [0, 0.1) is 6.92 Å². The number of rotatable bonds is 3. The van der Waals surface area contributed by atoms with Gasteiger partial charge in [-0.3, -0.25) is 9.59 Å². The van der Waals surface area contributed by atoms with Crippen molar-refractivity contribution in [3.8, 4) is 0 Å². The van der Waals surface area contributed by atoms with Crippen molar-refractivity contribution >= 4 is 39.9 Å². The smallest absolute Gasteiger partial charge is 0.291 e. The van der Waals surface area contributed by atoms with Gasteiger partial charge in [0, 0.05) is 16.5 Å². The summed E-state index contributed by atoms with van der Waals surface area (Å²) in [6.07, 6.45) is 0. The van der Waals surface area contributed by atoms with Crippen LogP contribution < -0.4 is 5.32 Å². The minimum absolute atomic E-state index is 0.120. The fraction of sp³-hybridized carbons (Fsp3) is 0.111. The molecule has 4 nitrogen and oxygen atoms in total. The number of fused-ring (bicyclic) bond motifs is 1. The van der Waals surface area contributed by atoms with Gasteiger partial charge in [0.15, 0.2) is 17.1 Å². The third kappa shape index (κ3) is 2.73. The van der Waals surface area contributed by atoms with Gasteiger partial charge in [-0.25, -0.2) is 0 Å². The highest BCUT2D eigenvalue weighted by molar-refractivity contribution is 6.35. The number of anilines is 1. The summed E-state index contributed by atoms with van der Waals surface area (Å²) in [5, 5.41) is 3.98. The van der Waals surface area contributed by atoms with Crippen molar-refractivity contribution in [2.75, 3.05) is 5.32 Å². The molecule has 0 aliphatic rings. The van der Waals surface area contributed by atoms with E-state index in [9.17, 15) is 9.59 Å². The van der Waals surface area contributed by atoms with Gasteiger partial charge in [-0.05, 0) is 32.0 Å². The maximum Gasteiger partial charge on any atom is 0.291 e. The third-order valence-electron chi connectivity index (χ3n) is 3.68. The molecule has 0 fully saturated rings. The summed E-state index contributed by atoms with van der Waals surface area (Å²) < 4.78 is 5.64. The van der Waals surface area contributed by atoms with E-state index in [4.69, 9.17) is 16.0 Å². The van der Waals surface area contributed by atoms with E-state index in [1.165, 1.54) is 6.92 Å². The number of carbonyl (C=O) groups excluding carboxylic acids is 2. The Kier molecular flexibility index (Phi) is 3.92. The lowest BCUT2D eigenvalue weighted by atomic mass is 10.1. The molecule has 3 aromatic rings. The lowest BCUT2D eigenvalue weighted by Crippen LogP contribution is -2.14. The minimum atomic E-state index is -0.413. The second kappa shape index (κ2) is 5.89. The molecule has 0 saturated carbocycles. The van der Waals surface area contributed by atoms with Gasteiger partial charge in [0.2, 0.25) is 0 Å². The minimum Gasteiger partial charge on any atom is -0.449 e. The first-order valence-electron chi connectivity index (χ1n) is 7.08. The Hall–Kier alpha value is -2.59. The summed E-state index contributed by atoms with van der Waals surface area (Å²) in [6.45, 7) is 3.26. The van der Waals surface area contributed by atoms with Gasteiger partial charge in [-0.2, -0.15) is 0 Å². The highest BCUT2D eigenvalue weighted by Crippen LogP contribution is 2.31. The number of hydrogen-bond donors (Lipinski definition) is 1. The molecule has 2 aromatic carbocycles. The second-order valence-electron chi connectivity index (χ2n) is 5.23. The van der Waals surface area contributed by atoms with Crippen LogP contribution in [0.15, 0.2) is 46.9 Å². The standard InChI is InChI=1S/C18H14ClNO3/c1-10-12-7-5-8-14(19)17(12)23-16(10)18(22)20-15-9-4-3-6-13(15)11(2)21/h3-9H,1-2H3,(H,20,22). The maximum atomic E-state index is 12.5. The summed E-state index contributed by atoms with van der Waals surface area (Å²) in [6, 6.07) is 12.2. The van der Waals surface area contributed by atoms with Crippen molar-refractivity contribution in [3.63, 3.8) is 0 Å². The van der Waals surface area contributed by atoms with Crippen LogP contribution in [0.25, 0.3) is 11.0 Å². The van der Waals surface area contributed by atoms with E-state index in [2.05, 4.69) is 5.32 Å². The van der Waals surface area contributed by atoms with Crippen LogP contribution in [-0.2, 0) is 0 Å². The molecule has 5 heteroatoms. The van der Waals surface area contributed by atoms with Gasteiger partial charge in [-0.1, -0.05) is 35.9 Å². The van der Waals surface area contributed by atoms with E-state index < -0.39 is 5.91 Å². The number of aryl methyl sites for hydroxylation is 1. The average Bonchev–Trinajstić information content (AvgIpc) is 2.86. The topological polar surface area (TPSA) is 59.3 Å². The molecule has 0 atom stereocenters. The Morgan fingerprint density at radius 1 is 1.09 bits per heavy atom. The number of para-hydroxylation sites is 2. The molecule has 0 bridgehead atoms. The molecule has 3 rings (SSSR count). The summed E-state index contributed by atoms with van der Waals surface area (Å²) in [4.78, 5) is 24.2. The molecule has 0 aliphatic heterocycles. The molecule has 1 aromatic heterocycles. The van der Waals surface area contributed by atoms with Crippen molar-refractivity contribution in [3.05, 3.63) is 64.4 Å². The van der Waals surface area contributed by atoms with Crippen LogP contribution in [0.4, 0.5) is 5.69 Å². The lowest BCUT2D eigenvalue weighted by Gasteiger charge is -2.08. The monoisotopic (exact) mass is 327 g/mol.